The Morgan fingerprint density at radius 1 is 0.484 bits per heavy atom. The van der Waals surface area contributed by atoms with Gasteiger partial charge in [-0.1, -0.05) is 72.8 Å². The number of hydrogen-bond donors (Lipinski definition) is 0. The fourth-order valence-electron chi connectivity index (χ4n) is 3.89. The number of fused-ring (bicyclic) bond motifs is 1. The van der Waals surface area contributed by atoms with Crippen molar-refractivity contribution in [3.8, 4) is 0 Å². The predicted octanol–water partition coefficient (Wildman–Crippen LogP) is 6.62. The van der Waals surface area contributed by atoms with Gasteiger partial charge in [-0.25, -0.2) is 0 Å². The van der Waals surface area contributed by atoms with Crippen molar-refractivity contribution >= 4 is 34.7 Å². The summed E-state index contributed by atoms with van der Waals surface area (Å²) in [6.45, 7) is 0. The van der Waals surface area contributed by atoms with E-state index in [1.807, 2.05) is 60.7 Å². The molecule has 0 bridgehead atoms. The molecule has 0 N–H and O–H groups in total. The molecule has 5 rings (SSSR count). The van der Waals surface area contributed by atoms with E-state index in [9.17, 15) is 9.59 Å². The molecule has 1 aliphatic rings. The minimum atomic E-state index is -0.208. The lowest BCUT2D eigenvalue weighted by Gasteiger charge is -2.25. The molecule has 0 saturated heterocycles. The van der Waals surface area contributed by atoms with Crippen molar-refractivity contribution in [2.45, 2.75) is 0 Å². The van der Waals surface area contributed by atoms with Crippen molar-refractivity contribution in [3.63, 3.8) is 0 Å². The minimum Gasteiger partial charge on any atom is -0.311 e. The normalized spacial score (nSPS) is 12.6. The van der Waals surface area contributed by atoms with Crippen LogP contribution in [0, 0.1) is 0 Å². The van der Waals surface area contributed by atoms with E-state index in [1.165, 1.54) is 0 Å². The standard InChI is InChI=1S/C28H19NO2/c30-27-24-13-7-8-14-25(24)28(31)26(27)19-20-15-17-23(18-16-20)29(21-9-3-1-4-10-21)22-11-5-2-6-12-22/h1-19H. The Bertz CT molecular complexity index is 1210. The van der Waals surface area contributed by atoms with Crippen LogP contribution in [0.4, 0.5) is 17.1 Å². The highest BCUT2D eigenvalue weighted by Gasteiger charge is 2.32. The molecule has 0 unspecified atom stereocenters. The molecule has 31 heavy (non-hydrogen) atoms. The van der Waals surface area contributed by atoms with Crippen LogP contribution in [0.3, 0.4) is 0 Å². The van der Waals surface area contributed by atoms with E-state index in [4.69, 9.17) is 0 Å². The van der Waals surface area contributed by atoms with E-state index < -0.39 is 0 Å². The van der Waals surface area contributed by atoms with Crippen molar-refractivity contribution in [2.24, 2.45) is 0 Å². The first kappa shape index (κ1) is 18.8. The molecular formula is C28H19NO2. The maximum absolute atomic E-state index is 12.7. The van der Waals surface area contributed by atoms with Gasteiger partial charge in [-0.3, -0.25) is 9.59 Å². The topological polar surface area (TPSA) is 37.4 Å². The van der Waals surface area contributed by atoms with Gasteiger partial charge in [-0.05, 0) is 48.0 Å². The van der Waals surface area contributed by atoms with Gasteiger partial charge in [-0.15, -0.1) is 0 Å². The highest BCUT2D eigenvalue weighted by Crippen LogP contribution is 2.34. The fraction of sp³-hybridized carbons (Fsp3) is 0. The van der Waals surface area contributed by atoms with Crippen LogP contribution in [0.25, 0.3) is 6.08 Å². The van der Waals surface area contributed by atoms with E-state index in [-0.39, 0.29) is 17.1 Å². The molecule has 0 radical (unpaired) electrons. The van der Waals surface area contributed by atoms with Gasteiger partial charge in [0, 0.05) is 28.2 Å². The van der Waals surface area contributed by atoms with Gasteiger partial charge in [0.1, 0.15) is 0 Å². The quantitative estimate of drug-likeness (QED) is 0.285. The smallest absolute Gasteiger partial charge is 0.197 e. The molecule has 4 aromatic carbocycles. The first-order valence-corrected chi connectivity index (χ1v) is 10.1. The summed E-state index contributed by atoms with van der Waals surface area (Å²) in [5.41, 5.74) is 5.09. The molecule has 3 nitrogen and oxygen atoms in total. The number of carbonyl (C=O) groups is 2. The zero-order valence-electron chi connectivity index (χ0n) is 16.7. The molecule has 0 heterocycles. The SMILES string of the molecule is O=C1C(=Cc2ccc(N(c3ccccc3)c3ccccc3)cc2)C(=O)c2ccccc21. The summed E-state index contributed by atoms with van der Waals surface area (Å²) in [6.07, 6.45) is 1.68. The maximum Gasteiger partial charge on any atom is 0.197 e. The summed E-state index contributed by atoms with van der Waals surface area (Å²) in [5.74, 6) is -0.417. The summed E-state index contributed by atoms with van der Waals surface area (Å²) >= 11 is 0. The largest absolute Gasteiger partial charge is 0.311 e. The molecule has 0 atom stereocenters. The van der Waals surface area contributed by atoms with Crippen molar-refractivity contribution in [2.75, 3.05) is 4.90 Å². The van der Waals surface area contributed by atoms with Crippen LogP contribution < -0.4 is 4.90 Å². The Labute approximate surface area is 180 Å². The monoisotopic (exact) mass is 401 g/mol. The number of hydrogen-bond acceptors (Lipinski definition) is 3. The zero-order valence-corrected chi connectivity index (χ0v) is 16.7. The second kappa shape index (κ2) is 7.88. The van der Waals surface area contributed by atoms with Crippen molar-refractivity contribution in [1.29, 1.82) is 0 Å². The number of benzene rings is 4. The van der Waals surface area contributed by atoms with Gasteiger partial charge >= 0.3 is 0 Å². The first-order valence-electron chi connectivity index (χ1n) is 10.1. The molecule has 0 aliphatic heterocycles. The Morgan fingerprint density at radius 3 is 1.39 bits per heavy atom. The Kier molecular flexibility index (Phi) is 4.77. The molecule has 3 heteroatoms. The van der Waals surface area contributed by atoms with E-state index in [2.05, 4.69) is 29.2 Å². The van der Waals surface area contributed by atoms with Crippen molar-refractivity contribution < 1.29 is 9.59 Å². The lowest BCUT2D eigenvalue weighted by atomic mass is 10.1. The Balaban J connectivity index is 1.50. The van der Waals surface area contributed by atoms with Gasteiger partial charge in [0.2, 0.25) is 0 Å². The summed E-state index contributed by atoms with van der Waals surface area (Å²) in [5, 5.41) is 0. The molecule has 0 saturated carbocycles. The Morgan fingerprint density at radius 2 is 0.903 bits per heavy atom. The van der Waals surface area contributed by atoms with E-state index >= 15 is 0 Å². The number of ketones is 2. The van der Waals surface area contributed by atoms with Crippen LogP contribution in [-0.2, 0) is 0 Å². The van der Waals surface area contributed by atoms with E-state index in [1.54, 1.807) is 30.3 Å². The van der Waals surface area contributed by atoms with Crippen LogP contribution in [-0.4, -0.2) is 11.6 Å². The second-order valence-corrected chi connectivity index (χ2v) is 7.36. The van der Waals surface area contributed by atoms with Gasteiger partial charge in [0.05, 0.1) is 5.57 Å². The lowest BCUT2D eigenvalue weighted by Crippen LogP contribution is -2.09. The highest BCUT2D eigenvalue weighted by molar-refractivity contribution is 6.41. The summed E-state index contributed by atoms with van der Waals surface area (Å²) < 4.78 is 0. The average molecular weight is 401 g/mol. The number of carbonyl (C=O) groups excluding carboxylic acids is 2. The number of allylic oxidation sites excluding steroid dienone is 1. The molecule has 4 aromatic rings. The lowest BCUT2D eigenvalue weighted by molar-refractivity contribution is 0.0990. The number of anilines is 3. The van der Waals surface area contributed by atoms with Gasteiger partial charge in [-0.2, -0.15) is 0 Å². The maximum atomic E-state index is 12.7. The summed E-state index contributed by atoms with van der Waals surface area (Å²) in [6, 6.07) is 35.2. The van der Waals surface area contributed by atoms with Crippen LogP contribution in [0.5, 0.6) is 0 Å². The number of nitrogens with zero attached hydrogens (tertiary/aromatic N) is 1. The first-order chi connectivity index (χ1) is 15.2. The molecule has 148 valence electrons. The molecule has 0 spiro atoms. The number of para-hydroxylation sites is 2. The van der Waals surface area contributed by atoms with Crippen LogP contribution in [0.15, 0.2) is 115 Å². The number of Topliss-reactive ketones (excluding diaryl/α,β-unsaturated/α-hetero) is 2. The van der Waals surface area contributed by atoms with Gasteiger partial charge in [0.15, 0.2) is 11.6 Å². The molecule has 1 aliphatic carbocycles. The fourth-order valence-corrected chi connectivity index (χ4v) is 3.89. The van der Waals surface area contributed by atoms with Gasteiger partial charge in [0.25, 0.3) is 0 Å². The summed E-state index contributed by atoms with van der Waals surface area (Å²) in [4.78, 5) is 27.5. The minimum absolute atomic E-state index is 0.208. The van der Waals surface area contributed by atoms with Crippen molar-refractivity contribution in [3.05, 3.63) is 131 Å². The van der Waals surface area contributed by atoms with Crippen LogP contribution in [0.2, 0.25) is 0 Å². The second-order valence-electron chi connectivity index (χ2n) is 7.36. The molecule has 0 fully saturated rings. The molecule has 0 aromatic heterocycles. The third-order valence-electron chi connectivity index (χ3n) is 5.40. The summed E-state index contributed by atoms with van der Waals surface area (Å²) in [7, 11) is 0. The predicted molar refractivity (Wildman–Crippen MR) is 124 cm³/mol. The average Bonchev–Trinajstić information content (AvgIpc) is 3.07. The van der Waals surface area contributed by atoms with E-state index in [0.717, 1.165) is 22.6 Å². The van der Waals surface area contributed by atoms with E-state index in [0.29, 0.717) is 11.1 Å². The van der Waals surface area contributed by atoms with Crippen molar-refractivity contribution in [1.82, 2.24) is 0 Å². The van der Waals surface area contributed by atoms with Gasteiger partial charge < -0.3 is 4.90 Å². The highest BCUT2D eigenvalue weighted by atomic mass is 16.2. The third-order valence-corrected chi connectivity index (χ3v) is 5.40. The Hall–Kier alpha value is -4.24. The van der Waals surface area contributed by atoms with Crippen LogP contribution in [0.1, 0.15) is 26.3 Å². The van der Waals surface area contributed by atoms with Crippen LogP contribution >= 0.6 is 0 Å². The zero-order chi connectivity index (χ0) is 21.2. The molecule has 0 amide bonds. The third kappa shape index (κ3) is 3.47. The molecular weight excluding hydrogens is 382 g/mol. The number of rotatable bonds is 4.